The van der Waals surface area contributed by atoms with Crippen LogP contribution in [0.2, 0.25) is 0 Å². The minimum Gasteiger partial charge on any atom is -0.493 e. The van der Waals surface area contributed by atoms with Crippen LogP contribution in [0.4, 0.5) is 0 Å². The Labute approximate surface area is 126 Å². The standard InChI is InChI=1S/C15H22N2O2S/c1-4-16-7-9-17(10-8-16)15(20)12-5-6-13(18-2)14(11-12)19-3/h5-6,11H,4,7-10H2,1-3H3. The minimum atomic E-state index is 0.722. The largest absolute Gasteiger partial charge is 0.493 e. The van der Waals surface area contributed by atoms with Crippen molar-refractivity contribution in [2.24, 2.45) is 0 Å². The van der Waals surface area contributed by atoms with E-state index in [0.29, 0.717) is 0 Å². The molecule has 5 heteroatoms. The third-order valence-electron chi connectivity index (χ3n) is 3.74. The van der Waals surface area contributed by atoms with Crippen molar-refractivity contribution in [1.82, 2.24) is 9.80 Å². The molecule has 0 radical (unpaired) electrons. The molecule has 0 aromatic heterocycles. The smallest absolute Gasteiger partial charge is 0.161 e. The van der Waals surface area contributed by atoms with Gasteiger partial charge in [0.2, 0.25) is 0 Å². The number of thiocarbonyl (C=S) groups is 1. The predicted molar refractivity (Wildman–Crippen MR) is 84.9 cm³/mol. The van der Waals surface area contributed by atoms with E-state index in [1.807, 2.05) is 18.2 Å². The molecule has 0 spiro atoms. The highest BCUT2D eigenvalue weighted by Gasteiger charge is 2.19. The van der Waals surface area contributed by atoms with Gasteiger partial charge in [-0.2, -0.15) is 0 Å². The van der Waals surface area contributed by atoms with E-state index in [2.05, 4.69) is 16.7 Å². The highest BCUT2D eigenvalue weighted by molar-refractivity contribution is 7.80. The summed E-state index contributed by atoms with van der Waals surface area (Å²) in [7, 11) is 3.28. The van der Waals surface area contributed by atoms with Gasteiger partial charge in [-0.25, -0.2) is 0 Å². The molecule has 0 unspecified atom stereocenters. The van der Waals surface area contributed by atoms with E-state index < -0.39 is 0 Å². The van der Waals surface area contributed by atoms with Crippen LogP contribution in [0, 0.1) is 0 Å². The topological polar surface area (TPSA) is 24.9 Å². The lowest BCUT2D eigenvalue weighted by atomic mass is 10.1. The van der Waals surface area contributed by atoms with Crippen LogP contribution in [0.3, 0.4) is 0 Å². The van der Waals surface area contributed by atoms with Gasteiger partial charge in [0.05, 0.1) is 14.2 Å². The third kappa shape index (κ3) is 3.22. The predicted octanol–water partition coefficient (Wildman–Crippen LogP) is 2.02. The first-order valence-corrected chi connectivity index (χ1v) is 7.34. The highest BCUT2D eigenvalue weighted by Crippen LogP contribution is 2.28. The van der Waals surface area contributed by atoms with Gasteiger partial charge in [0.1, 0.15) is 4.99 Å². The molecule has 0 bridgehead atoms. The van der Waals surface area contributed by atoms with Crippen molar-refractivity contribution in [2.45, 2.75) is 6.92 Å². The summed E-state index contributed by atoms with van der Waals surface area (Å²) in [6.45, 7) is 7.43. The summed E-state index contributed by atoms with van der Waals surface area (Å²) >= 11 is 5.61. The molecule has 2 rings (SSSR count). The molecular formula is C15H22N2O2S. The summed E-state index contributed by atoms with van der Waals surface area (Å²) in [6.07, 6.45) is 0. The maximum Gasteiger partial charge on any atom is 0.161 e. The molecule has 20 heavy (non-hydrogen) atoms. The number of hydrogen-bond acceptors (Lipinski definition) is 4. The Morgan fingerprint density at radius 2 is 1.75 bits per heavy atom. The first-order chi connectivity index (χ1) is 9.69. The molecule has 1 saturated heterocycles. The fraction of sp³-hybridized carbons (Fsp3) is 0.533. The van der Waals surface area contributed by atoms with E-state index in [0.717, 1.165) is 54.8 Å². The first kappa shape index (κ1) is 15.1. The Bertz CT molecular complexity index is 471. The minimum absolute atomic E-state index is 0.722. The Morgan fingerprint density at radius 3 is 2.30 bits per heavy atom. The molecule has 0 aliphatic carbocycles. The van der Waals surface area contributed by atoms with E-state index in [-0.39, 0.29) is 0 Å². The molecule has 1 aliphatic heterocycles. The van der Waals surface area contributed by atoms with Crippen molar-refractivity contribution >= 4 is 17.2 Å². The van der Waals surface area contributed by atoms with Gasteiger partial charge in [0, 0.05) is 31.7 Å². The number of nitrogens with zero attached hydrogens (tertiary/aromatic N) is 2. The van der Waals surface area contributed by atoms with Crippen LogP contribution in [0.15, 0.2) is 18.2 Å². The average Bonchev–Trinajstić information content (AvgIpc) is 2.53. The van der Waals surface area contributed by atoms with E-state index in [4.69, 9.17) is 21.7 Å². The molecule has 0 atom stereocenters. The number of methoxy groups -OCH3 is 2. The lowest BCUT2D eigenvalue weighted by Crippen LogP contribution is -2.48. The van der Waals surface area contributed by atoms with Crippen molar-refractivity contribution < 1.29 is 9.47 Å². The van der Waals surface area contributed by atoms with E-state index in [9.17, 15) is 0 Å². The quantitative estimate of drug-likeness (QED) is 0.791. The van der Waals surface area contributed by atoms with Crippen molar-refractivity contribution in [3.05, 3.63) is 23.8 Å². The maximum absolute atomic E-state index is 5.61. The molecule has 4 nitrogen and oxygen atoms in total. The van der Waals surface area contributed by atoms with E-state index >= 15 is 0 Å². The van der Waals surface area contributed by atoms with Crippen LogP contribution >= 0.6 is 12.2 Å². The van der Waals surface area contributed by atoms with Gasteiger partial charge in [-0.3, -0.25) is 0 Å². The van der Waals surface area contributed by atoms with Crippen LogP contribution < -0.4 is 9.47 Å². The maximum atomic E-state index is 5.61. The second-order valence-corrected chi connectivity index (χ2v) is 5.18. The zero-order valence-corrected chi connectivity index (χ0v) is 13.2. The third-order valence-corrected chi connectivity index (χ3v) is 4.23. The molecule has 0 N–H and O–H groups in total. The Balaban J connectivity index is 2.09. The lowest BCUT2D eigenvalue weighted by Gasteiger charge is -2.35. The second kappa shape index (κ2) is 6.90. The Kier molecular flexibility index (Phi) is 5.20. The van der Waals surface area contributed by atoms with Gasteiger partial charge in [-0.15, -0.1) is 0 Å². The highest BCUT2D eigenvalue weighted by atomic mass is 32.1. The molecule has 1 aromatic carbocycles. The second-order valence-electron chi connectivity index (χ2n) is 4.80. The number of benzene rings is 1. The zero-order valence-electron chi connectivity index (χ0n) is 12.4. The lowest BCUT2D eigenvalue weighted by molar-refractivity contribution is 0.192. The van der Waals surface area contributed by atoms with Gasteiger partial charge >= 0.3 is 0 Å². The number of piperazine rings is 1. The van der Waals surface area contributed by atoms with Crippen molar-refractivity contribution in [1.29, 1.82) is 0 Å². The summed E-state index contributed by atoms with van der Waals surface area (Å²) < 4.78 is 10.6. The molecule has 110 valence electrons. The Hall–Kier alpha value is -1.33. The molecule has 1 aliphatic rings. The normalized spacial score (nSPS) is 16.1. The summed E-state index contributed by atoms with van der Waals surface area (Å²) in [6, 6.07) is 5.85. The molecule has 1 aromatic rings. The summed E-state index contributed by atoms with van der Waals surface area (Å²) in [5, 5.41) is 0. The number of hydrogen-bond donors (Lipinski definition) is 0. The number of likely N-dealkylation sites (N-methyl/N-ethyl adjacent to an activating group) is 1. The SMILES string of the molecule is CCN1CCN(C(=S)c2ccc(OC)c(OC)c2)CC1. The summed E-state index contributed by atoms with van der Waals surface area (Å²) in [4.78, 5) is 5.60. The summed E-state index contributed by atoms with van der Waals surface area (Å²) in [5.74, 6) is 1.45. The van der Waals surface area contributed by atoms with E-state index in [1.54, 1.807) is 14.2 Å². The van der Waals surface area contributed by atoms with Gasteiger partial charge in [-0.05, 0) is 24.7 Å². The fourth-order valence-corrected chi connectivity index (χ4v) is 2.73. The summed E-state index contributed by atoms with van der Waals surface area (Å²) in [5.41, 5.74) is 1.02. The van der Waals surface area contributed by atoms with Crippen LogP contribution in [0.25, 0.3) is 0 Å². The monoisotopic (exact) mass is 294 g/mol. The van der Waals surface area contributed by atoms with Gasteiger partial charge in [0.25, 0.3) is 0 Å². The van der Waals surface area contributed by atoms with Crippen molar-refractivity contribution in [3.63, 3.8) is 0 Å². The molecule has 0 amide bonds. The van der Waals surface area contributed by atoms with Gasteiger partial charge in [0.15, 0.2) is 11.5 Å². The Morgan fingerprint density at radius 1 is 1.10 bits per heavy atom. The molecule has 0 saturated carbocycles. The number of rotatable bonds is 4. The van der Waals surface area contributed by atoms with Gasteiger partial charge < -0.3 is 19.3 Å². The van der Waals surface area contributed by atoms with Crippen LogP contribution in [-0.4, -0.2) is 61.7 Å². The van der Waals surface area contributed by atoms with Crippen molar-refractivity contribution in [3.8, 4) is 11.5 Å². The van der Waals surface area contributed by atoms with E-state index in [1.165, 1.54) is 0 Å². The van der Waals surface area contributed by atoms with Crippen LogP contribution in [0.1, 0.15) is 12.5 Å². The molecule has 1 heterocycles. The first-order valence-electron chi connectivity index (χ1n) is 6.93. The average molecular weight is 294 g/mol. The zero-order chi connectivity index (χ0) is 14.5. The molecular weight excluding hydrogens is 272 g/mol. The van der Waals surface area contributed by atoms with Gasteiger partial charge in [-0.1, -0.05) is 19.1 Å². The van der Waals surface area contributed by atoms with Crippen molar-refractivity contribution in [2.75, 3.05) is 46.9 Å². The van der Waals surface area contributed by atoms with Crippen LogP contribution in [0.5, 0.6) is 11.5 Å². The molecule has 1 fully saturated rings. The fourth-order valence-electron chi connectivity index (χ4n) is 2.42. The van der Waals surface area contributed by atoms with Crippen LogP contribution in [-0.2, 0) is 0 Å². The number of ether oxygens (including phenoxy) is 2.